The first kappa shape index (κ1) is 35.9. The fourth-order valence-corrected chi connectivity index (χ4v) is 3.36. The summed E-state index contributed by atoms with van der Waals surface area (Å²) in [7, 11) is 0. The Morgan fingerprint density at radius 2 is 0.757 bits per heavy atom. The Hall–Kier alpha value is -1.10. The minimum absolute atomic E-state index is 0.132. The van der Waals surface area contributed by atoms with Crippen LogP contribution in [0, 0.1) is 0 Å². The normalized spacial score (nSPS) is 11.2. The van der Waals surface area contributed by atoms with Gasteiger partial charge in [0.2, 0.25) is 0 Å². The van der Waals surface area contributed by atoms with Crippen molar-refractivity contribution in [2.75, 3.05) is 85.9 Å². The fourth-order valence-electron chi connectivity index (χ4n) is 3.36. The molecule has 0 spiro atoms. The third kappa shape index (κ3) is 32.9. The van der Waals surface area contributed by atoms with Crippen molar-refractivity contribution >= 4 is 11.8 Å². The van der Waals surface area contributed by atoms with Gasteiger partial charge in [-0.05, 0) is 13.3 Å². The molecule has 0 aliphatic rings. The lowest BCUT2D eigenvalue weighted by molar-refractivity contribution is -0.147. The lowest BCUT2D eigenvalue weighted by atomic mass is 10.1. The van der Waals surface area contributed by atoms with E-state index in [1.54, 1.807) is 0 Å². The third-order valence-corrected chi connectivity index (χ3v) is 5.39. The second kappa shape index (κ2) is 31.1. The zero-order valence-electron chi connectivity index (χ0n) is 23.6. The Morgan fingerprint density at radius 1 is 0.432 bits per heavy atom. The highest BCUT2D eigenvalue weighted by Gasteiger charge is 2.05. The number of carbonyl (C=O) groups excluding carboxylic acids is 2. The van der Waals surface area contributed by atoms with E-state index in [0.717, 1.165) is 13.0 Å². The Bertz CT molecular complexity index is 488. The van der Waals surface area contributed by atoms with E-state index < -0.39 is 5.97 Å². The monoisotopic (exact) mass is 534 g/mol. The molecular formula is C28H54O9. The van der Waals surface area contributed by atoms with Crippen molar-refractivity contribution < 1.29 is 42.7 Å². The molecule has 0 amide bonds. The topological polar surface area (TPSA) is 98.8 Å². The smallest absolute Gasteiger partial charge is 0.313 e. The van der Waals surface area contributed by atoms with Crippen LogP contribution < -0.4 is 0 Å². The van der Waals surface area contributed by atoms with Gasteiger partial charge >= 0.3 is 5.97 Å². The van der Waals surface area contributed by atoms with Crippen LogP contribution in [0.1, 0.15) is 84.5 Å². The quantitative estimate of drug-likeness (QED) is 0.0721. The highest BCUT2D eigenvalue weighted by molar-refractivity contribution is 5.94. The molecule has 0 saturated heterocycles. The van der Waals surface area contributed by atoms with Crippen LogP contribution >= 0.6 is 0 Å². The minimum atomic E-state index is -0.527. The molecule has 9 nitrogen and oxygen atoms in total. The highest BCUT2D eigenvalue weighted by atomic mass is 16.6. The molecule has 0 N–H and O–H groups in total. The molecule has 0 aromatic rings. The molecule has 0 aromatic carbocycles. The van der Waals surface area contributed by atoms with Crippen molar-refractivity contribution in [3.63, 3.8) is 0 Å². The van der Waals surface area contributed by atoms with Gasteiger partial charge in [-0.2, -0.15) is 0 Å². The number of ketones is 1. The van der Waals surface area contributed by atoms with E-state index in [0.29, 0.717) is 66.1 Å². The van der Waals surface area contributed by atoms with Gasteiger partial charge < -0.3 is 33.2 Å². The van der Waals surface area contributed by atoms with Gasteiger partial charge in [0.1, 0.15) is 18.8 Å². The number of rotatable bonds is 31. The molecule has 0 saturated carbocycles. The van der Waals surface area contributed by atoms with Crippen molar-refractivity contribution in [2.24, 2.45) is 0 Å². The first-order valence-electron chi connectivity index (χ1n) is 14.3. The van der Waals surface area contributed by atoms with Crippen molar-refractivity contribution in [1.82, 2.24) is 0 Å². The third-order valence-electron chi connectivity index (χ3n) is 5.39. The standard InChI is InChI=1S/C28H54O9/c1-3-4-5-6-7-8-9-10-11-12-13-31-14-15-32-16-17-33-18-19-34-20-21-35-22-23-36-24-25-37-28(30)26-27(2)29/h3-26H2,1-2H3. The van der Waals surface area contributed by atoms with E-state index >= 15 is 0 Å². The average molecular weight is 535 g/mol. The Labute approximate surface area is 225 Å². The van der Waals surface area contributed by atoms with Gasteiger partial charge in [0.25, 0.3) is 0 Å². The molecule has 9 heteroatoms. The summed E-state index contributed by atoms with van der Waals surface area (Å²) in [6, 6.07) is 0. The summed E-state index contributed by atoms with van der Waals surface area (Å²) in [6.45, 7) is 9.99. The maximum absolute atomic E-state index is 11.1. The van der Waals surface area contributed by atoms with Crippen LogP contribution in [-0.4, -0.2) is 97.6 Å². The van der Waals surface area contributed by atoms with E-state index in [9.17, 15) is 9.59 Å². The van der Waals surface area contributed by atoms with Crippen LogP contribution in [0.2, 0.25) is 0 Å². The van der Waals surface area contributed by atoms with E-state index in [1.807, 2.05) is 0 Å². The largest absolute Gasteiger partial charge is 0.463 e. The Morgan fingerprint density at radius 3 is 1.14 bits per heavy atom. The molecule has 37 heavy (non-hydrogen) atoms. The molecule has 0 atom stereocenters. The van der Waals surface area contributed by atoms with Crippen LogP contribution in [0.15, 0.2) is 0 Å². The maximum atomic E-state index is 11.1. The first-order valence-corrected chi connectivity index (χ1v) is 14.3. The average Bonchev–Trinajstić information content (AvgIpc) is 2.87. The van der Waals surface area contributed by atoms with Gasteiger partial charge in [0, 0.05) is 6.61 Å². The molecule has 0 unspecified atom stereocenters. The van der Waals surface area contributed by atoms with Gasteiger partial charge in [-0.15, -0.1) is 0 Å². The number of hydrogen-bond donors (Lipinski definition) is 0. The van der Waals surface area contributed by atoms with Crippen LogP contribution in [0.5, 0.6) is 0 Å². The molecule has 0 aliphatic heterocycles. The summed E-state index contributed by atoms with van der Waals surface area (Å²) in [4.78, 5) is 21.9. The predicted molar refractivity (Wildman–Crippen MR) is 143 cm³/mol. The van der Waals surface area contributed by atoms with Gasteiger partial charge in [0.15, 0.2) is 0 Å². The fraction of sp³-hybridized carbons (Fsp3) is 0.929. The Kier molecular flexibility index (Phi) is 30.2. The number of Topliss-reactive ketones (excluding diaryl/α,β-unsaturated/α-hetero) is 1. The van der Waals surface area contributed by atoms with Crippen LogP contribution in [0.25, 0.3) is 0 Å². The first-order chi connectivity index (χ1) is 18.2. The van der Waals surface area contributed by atoms with Crippen molar-refractivity contribution in [3.05, 3.63) is 0 Å². The number of unbranched alkanes of at least 4 members (excludes halogenated alkanes) is 9. The van der Waals surface area contributed by atoms with Gasteiger partial charge in [-0.1, -0.05) is 64.7 Å². The zero-order valence-corrected chi connectivity index (χ0v) is 23.6. The van der Waals surface area contributed by atoms with E-state index in [2.05, 4.69) is 6.92 Å². The van der Waals surface area contributed by atoms with E-state index in [4.69, 9.17) is 33.2 Å². The van der Waals surface area contributed by atoms with E-state index in [1.165, 1.54) is 64.7 Å². The molecule has 0 heterocycles. The summed E-state index contributed by atoms with van der Waals surface area (Å²) < 4.78 is 37.5. The predicted octanol–water partition coefficient (Wildman–Crippen LogP) is 4.53. The maximum Gasteiger partial charge on any atom is 0.313 e. The minimum Gasteiger partial charge on any atom is -0.463 e. The SMILES string of the molecule is CCCCCCCCCCCCOCCOCCOCCOCCOCCOCCOC(=O)CC(C)=O. The molecule has 0 fully saturated rings. The second-order valence-corrected chi connectivity index (χ2v) is 8.96. The number of ether oxygens (including phenoxy) is 7. The van der Waals surface area contributed by atoms with Crippen LogP contribution in [0.4, 0.5) is 0 Å². The summed E-state index contributed by atoms with van der Waals surface area (Å²) in [5.74, 6) is -0.742. The van der Waals surface area contributed by atoms with Crippen LogP contribution in [-0.2, 0) is 42.7 Å². The lowest BCUT2D eigenvalue weighted by Gasteiger charge is -2.08. The van der Waals surface area contributed by atoms with Crippen molar-refractivity contribution in [1.29, 1.82) is 0 Å². The molecule has 0 aliphatic carbocycles. The molecular weight excluding hydrogens is 480 g/mol. The number of hydrogen-bond acceptors (Lipinski definition) is 9. The van der Waals surface area contributed by atoms with Gasteiger partial charge in [0.05, 0.1) is 72.7 Å². The lowest BCUT2D eigenvalue weighted by Crippen LogP contribution is -2.15. The van der Waals surface area contributed by atoms with Gasteiger partial charge in [-0.3, -0.25) is 9.59 Å². The zero-order chi connectivity index (χ0) is 27.1. The number of carbonyl (C=O) groups is 2. The van der Waals surface area contributed by atoms with Crippen molar-refractivity contribution in [2.45, 2.75) is 84.5 Å². The van der Waals surface area contributed by atoms with Crippen molar-refractivity contribution in [3.8, 4) is 0 Å². The summed E-state index contributed by atoms with van der Waals surface area (Å²) >= 11 is 0. The van der Waals surface area contributed by atoms with E-state index in [-0.39, 0.29) is 25.4 Å². The van der Waals surface area contributed by atoms with Gasteiger partial charge in [-0.25, -0.2) is 0 Å². The summed E-state index contributed by atoms with van der Waals surface area (Å²) in [5.41, 5.74) is 0. The molecule has 0 radical (unpaired) electrons. The molecule has 220 valence electrons. The molecule has 0 rings (SSSR count). The van der Waals surface area contributed by atoms with Crippen LogP contribution in [0.3, 0.4) is 0 Å². The summed E-state index contributed by atoms with van der Waals surface area (Å²) in [5, 5.41) is 0. The Balaban J connectivity index is 3.06. The molecule has 0 aromatic heterocycles. The highest BCUT2D eigenvalue weighted by Crippen LogP contribution is 2.10. The molecule has 0 bridgehead atoms. The number of esters is 1. The summed E-state index contributed by atoms with van der Waals surface area (Å²) in [6.07, 6.45) is 13.2. The second-order valence-electron chi connectivity index (χ2n) is 8.96.